The molecule has 4 aromatic rings. The van der Waals surface area contributed by atoms with Gasteiger partial charge in [-0.05, 0) is 72.5 Å². The highest BCUT2D eigenvalue weighted by molar-refractivity contribution is 6.50. The van der Waals surface area contributed by atoms with Gasteiger partial charge in [0.15, 0.2) is 0 Å². The van der Waals surface area contributed by atoms with Crippen LogP contribution in [-0.2, 0) is 4.79 Å². The summed E-state index contributed by atoms with van der Waals surface area (Å²) in [5.41, 5.74) is 2.43. The van der Waals surface area contributed by atoms with Crippen LogP contribution in [0.1, 0.15) is 28.8 Å². The fourth-order valence-corrected chi connectivity index (χ4v) is 4.93. The van der Waals surface area contributed by atoms with Crippen LogP contribution >= 0.6 is 58.0 Å². The zero-order valence-corrected chi connectivity index (χ0v) is 21.9. The maximum Gasteiger partial charge on any atom is 0.257 e. The van der Waals surface area contributed by atoms with Crippen LogP contribution in [0.15, 0.2) is 66.9 Å². The molecule has 1 heterocycles. The second kappa shape index (κ2) is 10.3. The zero-order valence-electron chi connectivity index (χ0n) is 18.1. The lowest BCUT2D eigenvalue weighted by Gasteiger charge is -2.26. The molecule has 0 saturated carbocycles. The number of hydrogen-bond acceptors (Lipinski definition) is 2. The monoisotopic (exact) mass is 567 g/mol. The van der Waals surface area contributed by atoms with Crippen molar-refractivity contribution in [1.82, 2.24) is 4.98 Å². The number of halogens is 5. The highest BCUT2D eigenvalue weighted by Crippen LogP contribution is 2.40. The number of rotatable bonds is 6. The summed E-state index contributed by atoms with van der Waals surface area (Å²) in [7, 11) is 0. The molecule has 5 nitrogen and oxygen atoms in total. The molecule has 0 spiro atoms. The van der Waals surface area contributed by atoms with E-state index in [-0.39, 0.29) is 10.6 Å². The standard InChI is InChI=1S/C25H18Cl5N3O2/c1-25(29,30)22(14-8-15(26)10-16(27)9-14)24(35)33-17-4-5-20(28)19(11-17)23(34)32-18-3-2-13-6-7-31-21(13)12-18/h2-12,22,31H,1H3,(H,32,34)(H,33,35). The molecule has 0 fully saturated rings. The van der Waals surface area contributed by atoms with Gasteiger partial charge in [-0.15, -0.1) is 23.2 Å². The Morgan fingerprint density at radius 2 is 1.51 bits per heavy atom. The number of alkyl halides is 2. The minimum absolute atomic E-state index is 0.179. The van der Waals surface area contributed by atoms with Gasteiger partial charge in [0.25, 0.3) is 5.91 Å². The van der Waals surface area contributed by atoms with Crippen molar-refractivity contribution < 1.29 is 9.59 Å². The summed E-state index contributed by atoms with van der Waals surface area (Å²) in [6, 6.07) is 16.7. The summed E-state index contributed by atoms with van der Waals surface area (Å²) in [6.45, 7) is 1.50. The Kier molecular flexibility index (Phi) is 7.55. The molecule has 4 rings (SSSR count). The predicted molar refractivity (Wildman–Crippen MR) is 146 cm³/mol. The minimum atomic E-state index is -1.48. The lowest BCUT2D eigenvalue weighted by Crippen LogP contribution is -2.32. The average molecular weight is 570 g/mol. The zero-order chi connectivity index (χ0) is 25.3. The molecule has 0 bridgehead atoms. The largest absolute Gasteiger partial charge is 0.361 e. The molecule has 1 atom stereocenters. The Labute approximate surface area is 226 Å². The van der Waals surface area contributed by atoms with E-state index in [1.54, 1.807) is 30.3 Å². The van der Waals surface area contributed by atoms with Crippen LogP contribution in [-0.4, -0.2) is 21.1 Å². The highest BCUT2D eigenvalue weighted by atomic mass is 35.5. The van der Waals surface area contributed by atoms with Gasteiger partial charge in [-0.25, -0.2) is 0 Å². The third-order valence-corrected chi connectivity index (χ3v) is 6.48. The lowest BCUT2D eigenvalue weighted by atomic mass is 9.94. The van der Waals surface area contributed by atoms with Crippen LogP contribution < -0.4 is 10.6 Å². The van der Waals surface area contributed by atoms with Crippen molar-refractivity contribution in [3.63, 3.8) is 0 Å². The first-order chi connectivity index (χ1) is 16.5. The van der Waals surface area contributed by atoms with Gasteiger partial charge in [-0.3, -0.25) is 9.59 Å². The summed E-state index contributed by atoms with van der Waals surface area (Å²) in [5.74, 6) is -1.96. The number of aromatic amines is 1. The fraction of sp³-hybridized carbons (Fsp3) is 0.120. The fourth-order valence-electron chi connectivity index (χ4n) is 3.73. The molecule has 1 unspecified atom stereocenters. The van der Waals surface area contributed by atoms with Gasteiger partial charge >= 0.3 is 0 Å². The number of nitrogens with one attached hydrogen (secondary N) is 3. The molecule has 3 aromatic carbocycles. The van der Waals surface area contributed by atoms with Crippen LogP contribution in [0.5, 0.6) is 0 Å². The summed E-state index contributed by atoms with van der Waals surface area (Å²) in [5, 5.41) is 7.49. The van der Waals surface area contributed by atoms with E-state index in [1.807, 2.05) is 24.4 Å². The van der Waals surface area contributed by atoms with E-state index in [9.17, 15) is 9.59 Å². The average Bonchev–Trinajstić information content (AvgIpc) is 3.21. The molecule has 0 aliphatic heterocycles. The molecule has 0 radical (unpaired) electrons. The quantitative estimate of drug-likeness (QED) is 0.204. The number of H-pyrrole nitrogens is 1. The van der Waals surface area contributed by atoms with Gasteiger partial charge in [0, 0.05) is 33.1 Å². The van der Waals surface area contributed by atoms with Crippen LogP contribution in [0, 0.1) is 0 Å². The third kappa shape index (κ3) is 6.05. The maximum atomic E-state index is 13.2. The second-order valence-corrected chi connectivity index (χ2v) is 11.1. The summed E-state index contributed by atoms with van der Waals surface area (Å²) >= 11 is 31.2. The van der Waals surface area contributed by atoms with Crippen LogP contribution in [0.2, 0.25) is 15.1 Å². The molecular weight excluding hydrogens is 552 g/mol. The Morgan fingerprint density at radius 3 is 2.20 bits per heavy atom. The van der Waals surface area contributed by atoms with Crippen LogP contribution in [0.4, 0.5) is 11.4 Å². The molecule has 35 heavy (non-hydrogen) atoms. The minimum Gasteiger partial charge on any atom is -0.361 e. The van der Waals surface area contributed by atoms with E-state index in [0.717, 1.165) is 10.9 Å². The number of aromatic nitrogens is 1. The van der Waals surface area contributed by atoms with Crippen molar-refractivity contribution in [2.75, 3.05) is 10.6 Å². The topological polar surface area (TPSA) is 74.0 Å². The molecular formula is C25H18Cl5N3O2. The number of amides is 2. The summed E-state index contributed by atoms with van der Waals surface area (Å²) < 4.78 is -1.48. The van der Waals surface area contributed by atoms with E-state index >= 15 is 0 Å². The number of anilines is 2. The van der Waals surface area contributed by atoms with Crippen LogP contribution in [0.25, 0.3) is 10.9 Å². The molecule has 180 valence electrons. The van der Waals surface area contributed by atoms with Gasteiger partial charge in [0.1, 0.15) is 4.33 Å². The lowest BCUT2D eigenvalue weighted by molar-refractivity contribution is -0.117. The van der Waals surface area contributed by atoms with Gasteiger partial charge < -0.3 is 15.6 Å². The van der Waals surface area contributed by atoms with Crippen molar-refractivity contribution in [2.24, 2.45) is 0 Å². The number of hydrogen-bond donors (Lipinski definition) is 3. The summed E-state index contributed by atoms with van der Waals surface area (Å²) in [6.07, 6.45) is 1.82. The molecule has 10 heteroatoms. The van der Waals surface area contributed by atoms with Gasteiger partial charge in [-0.2, -0.15) is 0 Å². The van der Waals surface area contributed by atoms with E-state index < -0.39 is 22.1 Å². The first-order valence-electron chi connectivity index (χ1n) is 10.3. The molecule has 0 saturated heterocycles. The van der Waals surface area contributed by atoms with Crippen molar-refractivity contribution in [1.29, 1.82) is 0 Å². The van der Waals surface area contributed by atoms with E-state index in [2.05, 4.69) is 15.6 Å². The van der Waals surface area contributed by atoms with Crippen molar-refractivity contribution in [3.05, 3.63) is 93.1 Å². The summed E-state index contributed by atoms with van der Waals surface area (Å²) in [4.78, 5) is 29.3. The second-order valence-electron chi connectivity index (χ2n) is 8.01. The number of fused-ring (bicyclic) bond motifs is 1. The Balaban J connectivity index is 1.58. The number of carbonyl (C=O) groups is 2. The number of benzene rings is 3. The Hall–Kier alpha value is -2.41. The third-order valence-electron chi connectivity index (χ3n) is 5.28. The van der Waals surface area contributed by atoms with E-state index in [4.69, 9.17) is 58.0 Å². The Bertz CT molecular complexity index is 1410. The normalized spacial score (nSPS) is 12.4. The molecule has 0 aliphatic carbocycles. The van der Waals surface area contributed by atoms with E-state index in [0.29, 0.717) is 27.0 Å². The molecule has 2 amide bonds. The van der Waals surface area contributed by atoms with Gasteiger partial charge in [0.2, 0.25) is 5.91 Å². The number of carbonyl (C=O) groups excluding carboxylic acids is 2. The highest BCUT2D eigenvalue weighted by Gasteiger charge is 2.37. The SMILES string of the molecule is CC(Cl)(Cl)C(C(=O)Nc1ccc(Cl)c(C(=O)Nc2ccc3cc[nH]c3c2)c1)c1cc(Cl)cc(Cl)c1. The van der Waals surface area contributed by atoms with Crippen molar-refractivity contribution in [2.45, 2.75) is 17.2 Å². The van der Waals surface area contributed by atoms with Crippen molar-refractivity contribution in [3.8, 4) is 0 Å². The smallest absolute Gasteiger partial charge is 0.257 e. The van der Waals surface area contributed by atoms with E-state index in [1.165, 1.54) is 19.1 Å². The Morgan fingerprint density at radius 1 is 0.857 bits per heavy atom. The van der Waals surface area contributed by atoms with Gasteiger partial charge in [-0.1, -0.05) is 40.9 Å². The molecule has 1 aromatic heterocycles. The molecule has 3 N–H and O–H groups in total. The van der Waals surface area contributed by atoms with Gasteiger partial charge in [0.05, 0.1) is 16.5 Å². The van der Waals surface area contributed by atoms with Crippen LogP contribution in [0.3, 0.4) is 0 Å². The molecule has 0 aliphatic rings. The predicted octanol–water partition coefficient (Wildman–Crippen LogP) is 8.30. The van der Waals surface area contributed by atoms with Crippen molar-refractivity contribution >= 4 is 92.1 Å². The maximum absolute atomic E-state index is 13.2. The first-order valence-corrected chi connectivity index (χ1v) is 12.2. The first kappa shape index (κ1) is 25.7.